The molecule has 0 spiro atoms. The molecule has 0 aromatic carbocycles. The lowest BCUT2D eigenvalue weighted by molar-refractivity contribution is 0.227. The number of hydrogen-bond acceptors (Lipinski definition) is 4. The number of halogens is 2. The molecule has 1 aliphatic rings. The third kappa shape index (κ3) is 3.71. The second-order valence-corrected chi connectivity index (χ2v) is 9.18. The molecule has 2 rings (SSSR count). The highest BCUT2D eigenvalue weighted by Gasteiger charge is 2.35. The molecule has 1 fully saturated rings. The van der Waals surface area contributed by atoms with Crippen molar-refractivity contribution in [3.05, 3.63) is 15.9 Å². The molecule has 8 heteroatoms. The van der Waals surface area contributed by atoms with E-state index >= 15 is 0 Å². The van der Waals surface area contributed by atoms with Crippen molar-refractivity contribution in [1.29, 1.82) is 0 Å². The molecule has 2 atom stereocenters. The van der Waals surface area contributed by atoms with Crippen LogP contribution in [0, 0.1) is 0 Å². The van der Waals surface area contributed by atoms with Crippen LogP contribution in [0.15, 0.2) is 20.1 Å². The summed E-state index contributed by atoms with van der Waals surface area (Å²) >= 11 is 4.55. The number of sulfonamides is 1. The van der Waals surface area contributed by atoms with Crippen LogP contribution in [-0.4, -0.2) is 31.4 Å². The summed E-state index contributed by atoms with van der Waals surface area (Å²) in [5.74, 6) is 0. The first kappa shape index (κ1) is 17.4. The van der Waals surface area contributed by atoms with Crippen LogP contribution in [0.3, 0.4) is 0 Å². The Labute approximate surface area is 133 Å². The zero-order valence-electron chi connectivity index (χ0n) is 10.6. The van der Waals surface area contributed by atoms with Crippen LogP contribution >= 0.6 is 39.7 Å². The van der Waals surface area contributed by atoms with Crippen molar-refractivity contribution in [3.63, 3.8) is 0 Å². The highest BCUT2D eigenvalue weighted by Crippen LogP contribution is 2.32. The second kappa shape index (κ2) is 6.87. The van der Waals surface area contributed by atoms with Gasteiger partial charge in [0.25, 0.3) is 10.0 Å². The molecule has 2 unspecified atom stereocenters. The van der Waals surface area contributed by atoms with Crippen molar-refractivity contribution in [2.45, 2.75) is 42.5 Å². The van der Waals surface area contributed by atoms with Crippen molar-refractivity contribution in [1.82, 2.24) is 4.31 Å². The summed E-state index contributed by atoms with van der Waals surface area (Å²) in [4.78, 5) is 0. The van der Waals surface area contributed by atoms with E-state index in [2.05, 4.69) is 15.9 Å². The van der Waals surface area contributed by atoms with Gasteiger partial charge in [-0.3, -0.25) is 0 Å². The molecule has 1 aliphatic heterocycles. The van der Waals surface area contributed by atoms with Crippen molar-refractivity contribution in [3.8, 4) is 0 Å². The van der Waals surface area contributed by atoms with Crippen LogP contribution in [-0.2, 0) is 10.0 Å². The van der Waals surface area contributed by atoms with E-state index in [4.69, 9.17) is 5.73 Å². The zero-order valence-corrected chi connectivity index (χ0v) is 14.6. The normalized spacial score (nSPS) is 22.8. The third-order valence-electron chi connectivity index (χ3n) is 3.22. The van der Waals surface area contributed by atoms with Gasteiger partial charge in [-0.1, -0.05) is 6.42 Å². The van der Waals surface area contributed by atoms with Gasteiger partial charge in [-0.25, -0.2) is 8.42 Å². The van der Waals surface area contributed by atoms with Crippen LogP contribution in [0.1, 0.15) is 26.2 Å². The number of hydrogen-bond donors (Lipinski definition) is 1. The maximum Gasteiger partial charge on any atom is 0.252 e. The van der Waals surface area contributed by atoms with Gasteiger partial charge in [-0.2, -0.15) is 4.31 Å². The number of thiophene rings is 1. The first-order valence-corrected chi connectivity index (χ1v) is 9.00. The van der Waals surface area contributed by atoms with Gasteiger partial charge in [-0.15, -0.1) is 23.7 Å². The summed E-state index contributed by atoms with van der Waals surface area (Å²) < 4.78 is 28.0. The summed E-state index contributed by atoms with van der Waals surface area (Å²) in [6, 6.07) is 3.20. The molecule has 0 aliphatic carbocycles. The second-order valence-electron chi connectivity index (χ2n) is 4.60. The van der Waals surface area contributed by atoms with E-state index < -0.39 is 10.0 Å². The summed E-state index contributed by atoms with van der Waals surface area (Å²) in [7, 11) is -3.39. The van der Waals surface area contributed by atoms with Crippen LogP contribution < -0.4 is 5.73 Å². The fourth-order valence-corrected chi connectivity index (χ4v) is 6.22. The van der Waals surface area contributed by atoms with Crippen LogP contribution in [0.4, 0.5) is 0 Å². The summed E-state index contributed by atoms with van der Waals surface area (Å²) in [5.41, 5.74) is 5.93. The third-order valence-corrected chi connectivity index (χ3v) is 7.23. The minimum absolute atomic E-state index is 0. The highest BCUT2D eigenvalue weighted by atomic mass is 79.9. The van der Waals surface area contributed by atoms with Gasteiger partial charge in [0.2, 0.25) is 0 Å². The molecule has 4 nitrogen and oxygen atoms in total. The standard InChI is InChI=1S/C11H17BrN2O2S2.ClH/c1-8(13)9-4-2-3-7-14(9)18(15,16)11-6-5-10(12)17-11;/h5-6,8-9H,2-4,7,13H2,1H3;1H. The SMILES string of the molecule is CC(N)C1CCCCN1S(=O)(=O)c1ccc(Br)s1.Cl. The van der Waals surface area contributed by atoms with E-state index in [0.29, 0.717) is 10.8 Å². The molecule has 0 saturated carbocycles. The Morgan fingerprint density at radius 1 is 1.47 bits per heavy atom. The predicted molar refractivity (Wildman–Crippen MR) is 84.4 cm³/mol. The van der Waals surface area contributed by atoms with E-state index in [1.54, 1.807) is 16.4 Å². The topological polar surface area (TPSA) is 63.4 Å². The number of piperidine rings is 1. The van der Waals surface area contributed by atoms with Gasteiger partial charge in [0, 0.05) is 18.6 Å². The Morgan fingerprint density at radius 3 is 2.68 bits per heavy atom. The molecular weight excluding hydrogens is 372 g/mol. The average Bonchev–Trinajstić information content (AvgIpc) is 2.76. The van der Waals surface area contributed by atoms with Gasteiger partial charge >= 0.3 is 0 Å². The maximum atomic E-state index is 12.6. The number of rotatable bonds is 3. The van der Waals surface area contributed by atoms with Gasteiger partial charge in [0.1, 0.15) is 4.21 Å². The molecule has 2 N–H and O–H groups in total. The van der Waals surface area contributed by atoms with Crippen LogP contribution in [0.5, 0.6) is 0 Å². The Hall–Kier alpha value is 0.340. The van der Waals surface area contributed by atoms with Crippen LogP contribution in [0.2, 0.25) is 0 Å². The summed E-state index contributed by atoms with van der Waals surface area (Å²) in [6.45, 7) is 2.45. The molecule has 0 radical (unpaired) electrons. The van der Waals surface area contributed by atoms with E-state index in [0.717, 1.165) is 23.0 Å². The summed E-state index contributed by atoms with van der Waals surface area (Å²) in [5, 5.41) is 0. The maximum absolute atomic E-state index is 12.6. The number of nitrogens with two attached hydrogens (primary N) is 1. The minimum atomic E-state index is -3.39. The van der Waals surface area contributed by atoms with Gasteiger partial charge in [-0.05, 0) is 47.8 Å². The Balaban J connectivity index is 0.00000180. The lowest BCUT2D eigenvalue weighted by Gasteiger charge is -2.36. The largest absolute Gasteiger partial charge is 0.326 e. The van der Waals surface area contributed by atoms with E-state index in [1.807, 2.05) is 6.92 Å². The fraction of sp³-hybridized carbons (Fsp3) is 0.636. The van der Waals surface area contributed by atoms with E-state index in [1.165, 1.54) is 11.3 Å². The first-order chi connectivity index (χ1) is 8.43. The summed E-state index contributed by atoms with van der Waals surface area (Å²) in [6.07, 6.45) is 2.81. The number of nitrogens with zero attached hydrogens (tertiary/aromatic N) is 1. The lowest BCUT2D eigenvalue weighted by Crippen LogP contribution is -2.51. The van der Waals surface area contributed by atoms with Gasteiger partial charge in [0.15, 0.2) is 0 Å². The quantitative estimate of drug-likeness (QED) is 0.864. The monoisotopic (exact) mass is 388 g/mol. The smallest absolute Gasteiger partial charge is 0.252 e. The van der Waals surface area contributed by atoms with E-state index in [9.17, 15) is 8.42 Å². The Kier molecular flexibility index (Phi) is 6.28. The van der Waals surface area contributed by atoms with Crippen LogP contribution in [0.25, 0.3) is 0 Å². The van der Waals surface area contributed by atoms with Crippen molar-refractivity contribution in [2.75, 3.05) is 6.54 Å². The minimum Gasteiger partial charge on any atom is -0.326 e. The first-order valence-electron chi connectivity index (χ1n) is 5.95. The molecule has 110 valence electrons. The highest BCUT2D eigenvalue weighted by molar-refractivity contribution is 9.11. The lowest BCUT2D eigenvalue weighted by atomic mass is 10.00. The van der Waals surface area contributed by atoms with Crippen molar-refractivity contribution < 1.29 is 8.42 Å². The molecule has 1 aromatic rings. The predicted octanol–water partition coefficient (Wildman–Crippen LogP) is 2.82. The van der Waals surface area contributed by atoms with E-state index in [-0.39, 0.29) is 24.5 Å². The van der Waals surface area contributed by atoms with Crippen molar-refractivity contribution >= 4 is 49.7 Å². The van der Waals surface area contributed by atoms with Gasteiger partial charge < -0.3 is 5.73 Å². The van der Waals surface area contributed by atoms with Crippen molar-refractivity contribution in [2.24, 2.45) is 5.73 Å². The molecule has 0 amide bonds. The zero-order chi connectivity index (χ0) is 13.3. The average molecular weight is 390 g/mol. The molecule has 2 heterocycles. The fourth-order valence-electron chi connectivity index (χ4n) is 2.31. The van der Waals surface area contributed by atoms with Gasteiger partial charge in [0.05, 0.1) is 3.79 Å². The Morgan fingerprint density at radius 2 is 2.16 bits per heavy atom. The molecular formula is C11H18BrClN2O2S2. The molecule has 19 heavy (non-hydrogen) atoms. The molecule has 1 aromatic heterocycles. The molecule has 1 saturated heterocycles. The Bertz CT molecular complexity index is 519. The molecule has 0 bridgehead atoms.